The SMILES string of the molecule is O=C1NC(=O)C(CCl)(CCl)N1. The first-order chi connectivity index (χ1) is 5.14. The Morgan fingerprint density at radius 1 is 1.27 bits per heavy atom. The van der Waals surface area contributed by atoms with Crippen molar-refractivity contribution in [3.05, 3.63) is 0 Å². The predicted octanol–water partition coefficient (Wildman–Crippen LogP) is 0.0422. The van der Waals surface area contributed by atoms with Crippen molar-refractivity contribution in [2.75, 3.05) is 11.8 Å². The Morgan fingerprint density at radius 3 is 2.00 bits per heavy atom. The lowest BCUT2D eigenvalue weighted by Gasteiger charge is -2.18. The molecular formula is C5H6Cl2N2O2. The molecule has 0 spiro atoms. The molecule has 1 heterocycles. The van der Waals surface area contributed by atoms with Gasteiger partial charge in [0.15, 0.2) is 0 Å². The van der Waals surface area contributed by atoms with Gasteiger partial charge in [0.1, 0.15) is 5.54 Å². The molecule has 0 aliphatic carbocycles. The van der Waals surface area contributed by atoms with Gasteiger partial charge in [0.25, 0.3) is 5.91 Å². The van der Waals surface area contributed by atoms with Crippen molar-refractivity contribution in [1.82, 2.24) is 10.6 Å². The van der Waals surface area contributed by atoms with Crippen LogP contribution in [0, 0.1) is 0 Å². The van der Waals surface area contributed by atoms with E-state index in [0.717, 1.165) is 0 Å². The van der Waals surface area contributed by atoms with E-state index in [4.69, 9.17) is 23.2 Å². The third kappa shape index (κ3) is 1.28. The second-order valence-corrected chi connectivity index (χ2v) is 2.79. The first-order valence-electron chi connectivity index (χ1n) is 2.90. The van der Waals surface area contributed by atoms with E-state index < -0.39 is 17.5 Å². The first kappa shape index (κ1) is 8.62. The number of rotatable bonds is 2. The van der Waals surface area contributed by atoms with Crippen LogP contribution in [0.5, 0.6) is 0 Å². The number of nitrogens with one attached hydrogen (secondary N) is 2. The van der Waals surface area contributed by atoms with Crippen LogP contribution in [0.25, 0.3) is 0 Å². The molecular weight excluding hydrogens is 191 g/mol. The first-order valence-corrected chi connectivity index (χ1v) is 3.97. The number of alkyl halides is 2. The molecule has 0 aromatic carbocycles. The standard InChI is InChI=1S/C5H6Cl2N2O2/c6-1-5(2-7)3(10)8-4(11)9-5/h1-2H2,(H2,8,9,10,11). The fraction of sp³-hybridized carbons (Fsp3) is 0.600. The summed E-state index contributed by atoms with van der Waals surface area (Å²) in [7, 11) is 0. The number of halogens is 2. The highest BCUT2D eigenvalue weighted by atomic mass is 35.5. The molecule has 1 aliphatic heterocycles. The monoisotopic (exact) mass is 196 g/mol. The lowest BCUT2D eigenvalue weighted by atomic mass is 10.1. The van der Waals surface area contributed by atoms with Gasteiger partial charge in [-0.15, -0.1) is 23.2 Å². The molecule has 1 rings (SSSR count). The minimum Gasteiger partial charge on any atom is -0.321 e. The summed E-state index contributed by atoms with van der Waals surface area (Å²) in [5, 5.41) is 4.40. The highest BCUT2D eigenvalue weighted by Gasteiger charge is 2.44. The minimum atomic E-state index is -1.11. The maximum absolute atomic E-state index is 11.0. The Balaban J connectivity index is 2.84. The zero-order valence-electron chi connectivity index (χ0n) is 5.49. The van der Waals surface area contributed by atoms with E-state index in [2.05, 4.69) is 10.6 Å². The van der Waals surface area contributed by atoms with Gasteiger partial charge < -0.3 is 5.32 Å². The molecule has 3 amide bonds. The van der Waals surface area contributed by atoms with Gasteiger partial charge in [-0.2, -0.15) is 0 Å². The number of hydrogen-bond donors (Lipinski definition) is 2. The van der Waals surface area contributed by atoms with Gasteiger partial charge in [-0.25, -0.2) is 4.79 Å². The van der Waals surface area contributed by atoms with Crippen LogP contribution in [-0.4, -0.2) is 29.2 Å². The number of carbonyl (C=O) groups is 2. The molecule has 6 heteroatoms. The van der Waals surface area contributed by atoms with Gasteiger partial charge in [0.2, 0.25) is 0 Å². The second-order valence-electron chi connectivity index (χ2n) is 2.26. The summed E-state index contributed by atoms with van der Waals surface area (Å²) in [5.74, 6) is -0.505. The lowest BCUT2D eigenvalue weighted by molar-refractivity contribution is -0.122. The van der Waals surface area contributed by atoms with E-state index in [-0.39, 0.29) is 11.8 Å². The average Bonchev–Trinajstić information content (AvgIpc) is 2.27. The Kier molecular flexibility index (Phi) is 2.25. The van der Waals surface area contributed by atoms with Gasteiger partial charge in [-0.05, 0) is 0 Å². The topological polar surface area (TPSA) is 58.2 Å². The number of carbonyl (C=O) groups excluding carboxylic acids is 2. The number of imide groups is 1. The Labute approximate surface area is 73.2 Å². The van der Waals surface area contributed by atoms with Crippen molar-refractivity contribution in [2.45, 2.75) is 5.54 Å². The molecule has 0 atom stereocenters. The van der Waals surface area contributed by atoms with Gasteiger partial charge in [0.05, 0.1) is 11.8 Å². The zero-order valence-corrected chi connectivity index (χ0v) is 7.00. The molecule has 1 aliphatic rings. The van der Waals surface area contributed by atoms with E-state index >= 15 is 0 Å². The van der Waals surface area contributed by atoms with Crippen LogP contribution in [0.15, 0.2) is 0 Å². The van der Waals surface area contributed by atoms with Crippen molar-refractivity contribution in [2.24, 2.45) is 0 Å². The van der Waals surface area contributed by atoms with Gasteiger partial charge in [0, 0.05) is 0 Å². The normalized spacial score (nSPS) is 21.3. The Morgan fingerprint density at radius 2 is 1.82 bits per heavy atom. The van der Waals surface area contributed by atoms with Crippen molar-refractivity contribution in [3.63, 3.8) is 0 Å². The molecule has 4 nitrogen and oxygen atoms in total. The molecule has 11 heavy (non-hydrogen) atoms. The summed E-state index contributed by atoms with van der Waals surface area (Å²) >= 11 is 10.9. The predicted molar refractivity (Wildman–Crippen MR) is 40.8 cm³/mol. The molecule has 0 radical (unpaired) electrons. The number of urea groups is 1. The highest BCUT2D eigenvalue weighted by Crippen LogP contribution is 2.14. The maximum atomic E-state index is 11.0. The van der Waals surface area contributed by atoms with Crippen LogP contribution in [-0.2, 0) is 4.79 Å². The fourth-order valence-electron chi connectivity index (χ4n) is 0.752. The zero-order chi connectivity index (χ0) is 8.48. The van der Waals surface area contributed by atoms with Crippen LogP contribution < -0.4 is 10.6 Å². The average molecular weight is 197 g/mol. The van der Waals surface area contributed by atoms with Crippen LogP contribution in [0.4, 0.5) is 4.79 Å². The quantitative estimate of drug-likeness (QED) is 0.485. The van der Waals surface area contributed by atoms with E-state index in [1.807, 2.05) is 0 Å². The molecule has 1 saturated heterocycles. The maximum Gasteiger partial charge on any atom is 0.322 e. The highest BCUT2D eigenvalue weighted by molar-refractivity contribution is 6.27. The summed E-state index contributed by atoms with van der Waals surface area (Å²) in [6.07, 6.45) is 0. The third-order valence-corrected chi connectivity index (χ3v) is 2.38. The largest absolute Gasteiger partial charge is 0.322 e. The summed E-state index contributed by atoms with van der Waals surface area (Å²) in [6.45, 7) is 0. The van der Waals surface area contributed by atoms with Crippen LogP contribution >= 0.6 is 23.2 Å². The van der Waals surface area contributed by atoms with Crippen molar-refractivity contribution in [3.8, 4) is 0 Å². The number of amides is 3. The Bertz CT molecular complexity index is 203. The van der Waals surface area contributed by atoms with Crippen LogP contribution in [0.3, 0.4) is 0 Å². The fourth-order valence-corrected chi connectivity index (χ4v) is 1.41. The van der Waals surface area contributed by atoms with Crippen molar-refractivity contribution >= 4 is 35.1 Å². The Hall–Kier alpha value is -0.480. The van der Waals surface area contributed by atoms with Gasteiger partial charge in [-0.1, -0.05) is 0 Å². The second kappa shape index (κ2) is 2.87. The summed E-state index contributed by atoms with van der Waals surface area (Å²) in [6, 6.07) is -0.545. The van der Waals surface area contributed by atoms with Crippen LogP contribution in [0.1, 0.15) is 0 Å². The smallest absolute Gasteiger partial charge is 0.321 e. The summed E-state index contributed by atoms with van der Waals surface area (Å²) in [4.78, 5) is 21.6. The van der Waals surface area contributed by atoms with Gasteiger partial charge >= 0.3 is 6.03 Å². The molecule has 0 aromatic rings. The van der Waals surface area contributed by atoms with E-state index in [1.54, 1.807) is 0 Å². The summed E-state index contributed by atoms with van der Waals surface area (Å²) in [5.41, 5.74) is -1.11. The minimum absolute atomic E-state index is 0.0198. The molecule has 62 valence electrons. The van der Waals surface area contributed by atoms with E-state index in [0.29, 0.717) is 0 Å². The molecule has 1 fully saturated rings. The lowest BCUT2D eigenvalue weighted by Crippen LogP contribution is -2.50. The van der Waals surface area contributed by atoms with E-state index in [9.17, 15) is 9.59 Å². The van der Waals surface area contributed by atoms with E-state index in [1.165, 1.54) is 0 Å². The summed E-state index contributed by atoms with van der Waals surface area (Å²) < 4.78 is 0. The molecule has 0 bridgehead atoms. The van der Waals surface area contributed by atoms with Gasteiger partial charge in [-0.3, -0.25) is 10.1 Å². The van der Waals surface area contributed by atoms with Crippen LogP contribution in [0.2, 0.25) is 0 Å². The molecule has 0 aromatic heterocycles. The molecule has 0 unspecified atom stereocenters. The third-order valence-electron chi connectivity index (χ3n) is 1.47. The molecule has 2 N–H and O–H groups in total. The van der Waals surface area contributed by atoms with Crippen molar-refractivity contribution in [1.29, 1.82) is 0 Å². The number of hydrogen-bond acceptors (Lipinski definition) is 2. The molecule has 0 saturated carbocycles. The van der Waals surface area contributed by atoms with Crippen molar-refractivity contribution < 1.29 is 9.59 Å².